The van der Waals surface area contributed by atoms with Crippen LogP contribution in [-0.4, -0.2) is 47.7 Å². The summed E-state index contributed by atoms with van der Waals surface area (Å²) in [5, 5.41) is 9.83. The molecule has 0 aliphatic heterocycles. The highest BCUT2D eigenvalue weighted by Gasteiger charge is 2.38. The van der Waals surface area contributed by atoms with Gasteiger partial charge in [-0.25, -0.2) is 0 Å². The van der Waals surface area contributed by atoms with Gasteiger partial charge in [-0.15, -0.1) is 0 Å². The van der Waals surface area contributed by atoms with Gasteiger partial charge in [0.05, 0.1) is 12.7 Å². The van der Waals surface area contributed by atoms with Crippen molar-refractivity contribution in [1.82, 2.24) is 0 Å². The second kappa shape index (κ2) is 9.79. The van der Waals surface area contributed by atoms with Crippen molar-refractivity contribution in [1.29, 1.82) is 0 Å². The fraction of sp³-hybridized carbons (Fsp3) is 0.471. The van der Waals surface area contributed by atoms with Crippen molar-refractivity contribution in [2.45, 2.75) is 51.8 Å². The Bertz CT molecular complexity index is 541. The molecule has 0 fully saturated rings. The molecule has 0 radical (unpaired) electrons. The number of aliphatic hydroxyl groups excluding tert-OH is 1. The summed E-state index contributed by atoms with van der Waals surface area (Å²) in [5.41, 5.74) is 0.812. The van der Waals surface area contributed by atoms with Gasteiger partial charge in [-0.05, 0) is 12.5 Å². The van der Waals surface area contributed by atoms with Gasteiger partial charge in [-0.3, -0.25) is 9.59 Å². The smallest absolute Gasteiger partial charge is 0.303 e. The lowest BCUT2D eigenvalue weighted by Crippen LogP contribution is -2.49. The maximum absolute atomic E-state index is 11.4. The highest BCUT2D eigenvalue weighted by molar-refractivity contribution is 5.68. The molecule has 4 atom stereocenters. The average molecular weight is 338 g/mol. The number of aliphatic hydroxyl groups is 1. The number of benzene rings is 1. The van der Waals surface area contributed by atoms with Crippen LogP contribution in [0.2, 0.25) is 0 Å². The highest BCUT2D eigenvalue weighted by atomic mass is 16.6. The minimum absolute atomic E-state index is 0.0919. The average Bonchev–Trinajstić information content (AvgIpc) is 2.52. The molecule has 1 aromatic rings. The van der Waals surface area contributed by atoms with Crippen molar-refractivity contribution in [3.8, 4) is 0 Å². The summed E-state index contributed by atoms with van der Waals surface area (Å²) in [6.07, 6.45) is -4.39. The van der Waals surface area contributed by atoms with Gasteiger partial charge in [0.15, 0.2) is 24.6 Å². The van der Waals surface area contributed by atoms with Crippen LogP contribution in [0.5, 0.6) is 0 Å². The van der Waals surface area contributed by atoms with E-state index in [0.29, 0.717) is 6.29 Å². The molecule has 0 saturated heterocycles. The number of hydrogen-bond acceptors (Lipinski definition) is 7. The van der Waals surface area contributed by atoms with Gasteiger partial charge in [0.1, 0.15) is 0 Å². The zero-order valence-electron chi connectivity index (χ0n) is 13.9. The predicted octanol–water partition coefficient (Wildman–Crippen LogP) is 1.01. The summed E-state index contributed by atoms with van der Waals surface area (Å²) in [6, 6.07) is 9.08. The molecule has 0 aliphatic rings. The van der Waals surface area contributed by atoms with Crippen molar-refractivity contribution < 1.29 is 33.7 Å². The molecule has 24 heavy (non-hydrogen) atoms. The fourth-order valence-electron chi connectivity index (χ4n) is 2.12. The first-order chi connectivity index (χ1) is 11.3. The topological polar surface area (TPSA) is 99.1 Å². The van der Waals surface area contributed by atoms with Crippen molar-refractivity contribution in [3.63, 3.8) is 0 Å². The van der Waals surface area contributed by atoms with Crippen LogP contribution < -0.4 is 0 Å². The van der Waals surface area contributed by atoms with Gasteiger partial charge in [0.25, 0.3) is 0 Å². The van der Waals surface area contributed by atoms with Crippen LogP contribution in [0.15, 0.2) is 30.3 Å². The normalized spacial score (nSPS) is 15.7. The van der Waals surface area contributed by atoms with Crippen molar-refractivity contribution >= 4 is 18.2 Å². The number of hydrogen-bond donors (Lipinski definition) is 1. The molecule has 132 valence electrons. The number of rotatable bonds is 9. The molecule has 1 rings (SSSR count). The van der Waals surface area contributed by atoms with E-state index in [1.807, 2.05) is 18.2 Å². The molecular weight excluding hydrogens is 316 g/mol. The largest absolute Gasteiger partial charge is 0.456 e. The van der Waals surface area contributed by atoms with Crippen LogP contribution in [-0.2, 0) is 35.2 Å². The van der Waals surface area contributed by atoms with Gasteiger partial charge in [-0.1, -0.05) is 30.3 Å². The second-order valence-electron chi connectivity index (χ2n) is 5.29. The Morgan fingerprint density at radius 3 is 2.08 bits per heavy atom. The number of carbonyl (C=O) groups is 3. The van der Waals surface area contributed by atoms with E-state index in [1.165, 1.54) is 6.92 Å². The molecule has 0 heterocycles. The minimum atomic E-state index is -1.26. The van der Waals surface area contributed by atoms with Gasteiger partial charge < -0.3 is 24.1 Å². The van der Waals surface area contributed by atoms with Gasteiger partial charge in [0.2, 0.25) is 0 Å². The SMILES string of the molecule is CC(=O)O[C@@H]([C@H](OC(C)=O)[C@@H](C=O)OCc1ccccc1)[C@@H](C)O. The molecule has 0 aromatic heterocycles. The number of ether oxygens (including phenoxy) is 3. The monoisotopic (exact) mass is 338 g/mol. The van der Waals surface area contributed by atoms with Crippen LogP contribution in [0.25, 0.3) is 0 Å². The zero-order chi connectivity index (χ0) is 18.1. The molecule has 1 aromatic carbocycles. The van der Waals surface area contributed by atoms with E-state index in [2.05, 4.69) is 0 Å². The van der Waals surface area contributed by atoms with Gasteiger partial charge in [0, 0.05) is 13.8 Å². The third-order valence-corrected chi connectivity index (χ3v) is 3.15. The van der Waals surface area contributed by atoms with Gasteiger partial charge >= 0.3 is 11.9 Å². The van der Waals surface area contributed by atoms with E-state index in [-0.39, 0.29) is 6.61 Å². The quantitative estimate of drug-likeness (QED) is 0.530. The second-order valence-corrected chi connectivity index (χ2v) is 5.29. The molecule has 0 bridgehead atoms. The standard InChI is InChI=1S/C17H22O7/c1-11(19)16(23-12(2)20)17(24-13(3)21)15(9-18)22-10-14-7-5-4-6-8-14/h4-9,11,15-17,19H,10H2,1-3H3/t11-,15-,16-,17-/m1/s1. The predicted molar refractivity (Wildman–Crippen MR) is 83.9 cm³/mol. The molecule has 7 heteroatoms. The van der Waals surface area contributed by atoms with Crippen LogP contribution >= 0.6 is 0 Å². The lowest BCUT2D eigenvalue weighted by atomic mass is 10.0. The van der Waals surface area contributed by atoms with Crippen LogP contribution in [0.1, 0.15) is 26.3 Å². The molecule has 0 spiro atoms. The molecule has 0 unspecified atom stereocenters. The Hall–Kier alpha value is -2.25. The Balaban J connectivity index is 2.93. The van der Waals surface area contributed by atoms with Crippen molar-refractivity contribution in [2.24, 2.45) is 0 Å². The molecule has 0 saturated carbocycles. The van der Waals surface area contributed by atoms with Crippen LogP contribution in [0.4, 0.5) is 0 Å². The molecule has 0 amide bonds. The van der Waals surface area contributed by atoms with Crippen LogP contribution in [0.3, 0.4) is 0 Å². The lowest BCUT2D eigenvalue weighted by molar-refractivity contribution is -0.188. The number of esters is 2. The summed E-state index contributed by atoms with van der Waals surface area (Å²) in [4.78, 5) is 34.0. The molecule has 0 aliphatic carbocycles. The van der Waals surface area contributed by atoms with E-state index in [0.717, 1.165) is 19.4 Å². The fourth-order valence-corrected chi connectivity index (χ4v) is 2.12. The van der Waals surface area contributed by atoms with E-state index < -0.39 is 36.4 Å². The van der Waals surface area contributed by atoms with Crippen LogP contribution in [0, 0.1) is 0 Å². The summed E-state index contributed by atoms with van der Waals surface area (Å²) in [7, 11) is 0. The maximum Gasteiger partial charge on any atom is 0.303 e. The molecule has 1 N–H and O–H groups in total. The van der Waals surface area contributed by atoms with E-state index in [4.69, 9.17) is 14.2 Å². The first-order valence-electron chi connectivity index (χ1n) is 7.48. The lowest BCUT2D eigenvalue weighted by Gasteiger charge is -2.31. The Morgan fingerprint density at radius 1 is 1.08 bits per heavy atom. The van der Waals surface area contributed by atoms with E-state index >= 15 is 0 Å². The van der Waals surface area contributed by atoms with Crippen molar-refractivity contribution in [3.05, 3.63) is 35.9 Å². The van der Waals surface area contributed by atoms with Gasteiger partial charge in [-0.2, -0.15) is 0 Å². The Kier molecular flexibility index (Phi) is 8.08. The first kappa shape index (κ1) is 19.8. The summed E-state index contributed by atoms with van der Waals surface area (Å²) < 4.78 is 15.6. The molecule has 7 nitrogen and oxygen atoms in total. The third kappa shape index (κ3) is 6.47. The summed E-state index contributed by atoms with van der Waals surface area (Å²) in [5.74, 6) is -1.36. The Morgan fingerprint density at radius 2 is 1.62 bits per heavy atom. The van der Waals surface area contributed by atoms with E-state index in [1.54, 1.807) is 12.1 Å². The maximum atomic E-state index is 11.4. The third-order valence-electron chi connectivity index (χ3n) is 3.15. The number of carbonyl (C=O) groups excluding carboxylic acids is 3. The van der Waals surface area contributed by atoms with E-state index in [9.17, 15) is 19.5 Å². The Labute approximate surface area is 140 Å². The number of aldehydes is 1. The summed E-state index contributed by atoms with van der Waals surface area (Å²) in [6.45, 7) is 3.76. The highest BCUT2D eigenvalue weighted by Crippen LogP contribution is 2.17. The molecular formula is C17H22O7. The first-order valence-corrected chi connectivity index (χ1v) is 7.48. The zero-order valence-corrected chi connectivity index (χ0v) is 13.9. The van der Waals surface area contributed by atoms with Crippen molar-refractivity contribution in [2.75, 3.05) is 0 Å². The summed E-state index contributed by atoms with van der Waals surface area (Å²) >= 11 is 0. The minimum Gasteiger partial charge on any atom is -0.456 e.